The van der Waals surface area contributed by atoms with E-state index in [-0.39, 0.29) is 5.28 Å². The Bertz CT molecular complexity index is 357. The summed E-state index contributed by atoms with van der Waals surface area (Å²) in [4.78, 5) is 4.01. The average Bonchev–Trinajstić information content (AvgIpc) is 2.58. The fourth-order valence-electron chi connectivity index (χ4n) is 0.878. The van der Waals surface area contributed by atoms with Gasteiger partial charge in [0.1, 0.15) is 17.0 Å². The summed E-state index contributed by atoms with van der Waals surface area (Å²) in [7, 11) is 0. The predicted molar refractivity (Wildman–Crippen MR) is 47.4 cm³/mol. The second kappa shape index (κ2) is 2.88. The summed E-state index contributed by atoms with van der Waals surface area (Å²) in [5, 5.41) is 1.07. The highest BCUT2D eigenvalue weighted by atomic mass is 35.5. The van der Waals surface area contributed by atoms with E-state index in [1.165, 1.54) is 11.5 Å². The van der Waals surface area contributed by atoms with E-state index in [4.69, 9.17) is 16.0 Å². The van der Waals surface area contributed by atoms with Crippen LogP contribution in [-0.2, 0) is 0 Å². The van der Waals surface area contributed by atoms with E-state index in [1.807, 2.05) is 13.0 Å². The first-order valence-corrected chi connectivity index (χ1v) is 4.45. The van der Waals surface area contributed by atoms with Crippen LogP contribution in [0.2, 0.25) is 5.28 Å². The van der Waals surface area contributed by atoms with Crippen molar-refractivity contribution in [3.8, 4) is 10.6 Å². The molecule has 2 heterocycles. The van der Waals surface area contributed by atoms with Crippen LogP contribution in [-0.4, -0.2) is 9.36 Å². The average molecular weight is 201 g/mol. The van der Waals surface area contributed by atoms with Crippen molar-refractivity contribution in [3.63, 3.8) is 0 Å². The van der Waals surface area contributed by atoms with Gasteiger partial charge in [0.25, 0.3) is 0 Å². The van der Waals surface area contributed by atoms with E-state index in [1.54, 1.807) is 6.26 Å². The van der Waals surface area contributed by atoms with Gasteiger partial charge in [-0.2, -0.15) is 4.37 Å². The van der Waals surface area contributed by atoms with E-state index < -0.39 is 0 Å². The van der Waals surface area contributed by atoms with Crippen molar-refractivity contribution < 1.29 is 4.42 Å². The molecule has 0 N–H and O–H groups in total. The molecule has 0 radical (unpaired) electrons. The molecule has 2 rings (SSSR count). The molecular formula is C7H5ClN2OS. The van der Waals surface area contributed by atoms with Gasteiger partial charge in [-0.1, -0.05) is 0 Å². The standard InChI is InChI=1S/C7H5ClN2OS/c1-4-2-5(3-11-4)6-9-7(8)10-12-6/h2-3H,1H3. The highest BCUT2D eigenvalue weighted by Crippen LogP contribution is 2.24. The molecule has 0 unspecified atom stereocenters. The Morgan fingerprint density at radius 2 is 2.42 bits per heavy atom. The van der Waals surface area contributed by atoms with E-state index >= 15 is 0 Å². The second-order valence-electron chi connectivity index (χ2n) is 2.31. The Kier molecular flexibility index (Phi) is 1.86. The molecule has 12 heavy (non-hydrogen) atoms. The van der Waals surface area contributed by atoms with E-state index in [2.05, 4.69) is 9.36 Å². The summed E-state index contributed by atoms with van der Waals surface area (Å²) in [5.74, 6) is 0.858. The lowest BCUT2D eigenvalue weighted by Crippen LogP contribution is -1.69. The zero-order valence-corrected chi connectivity index (χ0v) is 7.82. The number of aromatic nitrogens is 2. The predicted octanol–water partition coefficient (Wildman–Crippen LogP) is 2.76. The molecule has 0 amide bonds. The SMILES string of the molecule is Cc1cc(-c2nc(Cl)ns2)co1. The van der Waals surface area contributed by atoms with Crippen molar-refractivity contribution in [2.24, 2.45) is 0 Å². The fourth-order valence-corrected chi connectivity index (χ4v) is 1.66. The minimum Gasteiger partial charge on any atom is -0.469 e. The Labute approximate surface area is 78.2 Å². The fraction of sp³-hybridized carbons (Fsp3) is 0.143. The monoisotopic (exact) mass is 200 g/mol. The molecule has 5 heteroatoms. The molecule has 3 nitrogen and oxygen atoms in total. The molecular weight excluding hydrogens is 196 g/mol. The van der Waals surface area contributed by atoms with Crippen LogP contribution in [0.15, 0.2) is 16.7 Å². The van der Waals surface area contributed by atoms with E-state index in [0.29, 0.717) is 0 Å². The van der Waals surface area contributed by atoms with Crippen LogP contribution in [0.25, 0.3) is 10.6 Å². The molecule has 0 aliphatic rings. The molecule has 0 fully saturated rings. The van der Waals surface area contributed by atoms with Crippen LogP contribution < -0.4 is 0 Å². The van der Waals surface area contributed by atoms with Crippen LogP contribution in [0, 0.1) is 6.92 Å². The number of aryl methyl sites for hydroxylation is 1. The van der Waals surface area contributed by atoms with Crippen molar-refractivity contribution in [2.75, 3.05) is 0 Å². The lowest BCUT2D eigenvalue weighted by molar-refractivity contribution is 0.535. The Morgan fingerprint density at radius 3 is 2.92 bits per heavy atom. The molecule has 62 valence electrons. The molecule has 2 aromatic rings. The van der Waals surface area contributed by atoms with Crippen LogP contribution in [0.4, 0.5) is 0 Å². The van der Waals surface area contributed by atoms with Gasteiger partial charge in [0.2, 0.25) is 5.28 Å². The van der Waals surface area contributed by atoms with Gasteiger partial charge < -0.3 is 4.42 Å². The number of furan rings is 1. The van der Waals surface area contributed by atoms with Gasteiger partial charge in [-0.3, -0.25) is 0 Å². The molecule has 0 saturated heterocycles. The first-order valence-electron chi connectivity index (χ1n) is 3.30. The zero-order chi connectivity index (χ0) is 8.55. The first kappa shape index (κ1) is 7.76. The quantitative estimate of drug-likeness (QED) is 0.711. The number of rotatable bonds is 1. The maximum atomic E-state index is 5.57. The van der Waals surface area contributed by atoms with Crippen LogP contribution in [0.3, 0.4) is 0 Å². The summed E-state index contributed by atoms with van der Waals surface area (Å²) in [6.45, 7) is 1.88. The van der Waals surface area contributed by atoms with Gasteiger partial charge >= 0.3 is 0 Å². The summed E-state index contributed by atoms with van der Waals surface area (Å²) in [6, 6.07) is 1.90. The number of halogens is 1. The first-order chi connectivity index (χ1) is 5.75. The van der Waals surface area contributed by atoms with Gasteiger partial charge in [-0.05, 0) is 36.1 Å². The maximum absolute atomic E-state index is 5.57. The third-order valence-electron chi connectivity index (χ3n) is 1.38. The van der Waals surface area contributed by atoms with Crippen LogP contribution in [0.1, 0.15) is 5.76 Å². The molecule has 0 atom stereocenters. The maximum Gasteiger partial charge on any atom is 0.234 e. The number of nitrogens with zero attached hydrogens (tertiary/aromatic N) is 2. The molecule has 0 aliphatic carbocycles. The van der Waals surface area contributed by atoms with Gasteiger partial charge in [0, 0.05) is 0 Å². The van der Waals surface area contributed by atoms with Crippen molar-refractivity contribution in [2.45, 2.75) is 6.92 Å². The largest absolute Gasteiger partial charge is 0.469 e. The second-order valence-corrected chi connectivity index (χ2v) is 3.40. The zero-order valence-electron chi connectivity index (χ0n) is 6.24. The van der Waals surface area contributed by atoms with E-state index in [9.17, 15) is 0 Å². The molecule has 2 aromatic heterocycles. The van der Waals surface area contributed by atoms with E-state index in [0.717, 1.165) is 16.3 Å². The lowest BCUT2D eigenvalue weighted by Gasteiger charge is -1.81. The van der Waals surface area contributed by atoms with Crippen molar-refractivity contribution in [3.05, 3.63) is 23.4 Å². The third kappa shape index (κ3) is 1.35. The molecule has 0 aromatic carbocycles. The number of hydrogen-bond donors (Lipinski definition) is 0. The topological polar surface area (TPSA) is 38.9 Å². The Hall–Kier alpha value is -0.870. The number of hydrogen-bond acceptors (Lipinski definition) is 4. The van der Waals surface area contributed by atoms with Crippen molar-refractivity contribution >= 4 is 23.1 Å². The van der Waals surface area contributed by atoms with Gasteiger partial charge in [-0.15, -0.1) is 0 Å². The summed E-state index contributed by atoms with van der Waals surface area (Å²) in [6.07, 6.45) is 1.65. The third-order valence-corrected chi connectivity index (χ3v) is 2.41. The lowest BCUT2D eigenvalue weighted by atomic mass is 10.3. The highest BCUT2D eigenvalue weighted by molar-refractivity contribution is 7.09. The van der Waals surface area contributed by atoms with Crippen molar-refractivity contribution in [1.29, 1.82) is 0 Å². The van der Waals surface area contributed by atoms with Crippen LogP contribution >= 0.6 is 23.1 Å². The smallest absolute Gasteiger partial charge is 0.234 e. The summed E-state index contributed by atoms with van der Waals surface area (Å²) in [5.41, 5.74) is 0.928. The molecule has 0 aliphatic heterocycles. The molecule has 0 bridgehead atoms. The minimum atomic E-state index is 0.286. The van der Waals surface area contributed by atoms with Gasteiger partial charge in [0.15, 0.2) is 0 Å². The molecule has 0 spiro atoms. The van der Waals surface area contributed by atoms with Gasteiger partial charge in [0.05, 0.1) is 5.56 Å². The van der Waals surface area contributed by atoms with Crippen LogP contribution in [0.5, 0.6) is 0 Å². The Balaban J connectivity index is 2.43. The van der Waals surface area contributed by atoms with Crippen molar-refractivity contribution in [1.82, 2.24) is 9.36 Å². The van der Waals surface area contributed by atoms with Gasteiger partial charge in [-0.25, -0.2) is 4.98 Å². The Morgan fingerprint density at radius 1 is 1.58 bits per heavy atom. The normalized spacial score (nSPS) is 10.5. The summed E-state index contributed by atoms with van der Waals surface area (Å²) < 4.78 is 8.98. The molecule has 0 saturated carbocycles. The summed E-state index contributed by atoms with van der Waals surface area (Å²) >= 11 is 6.84. The highest BCUT2D eigenvalue weighted by Gasteiger charge is 2.06. The minimum absolute atomic E-state index is 0.286.